The van der Waals surface area contributed by atoms with Crippen molar-refractivity contribution in [2.45, 2.75) is 62.2 Å². The molecule has 0 heterocycles. The Balaban J connectivity index is 3.20. The minimum absolute atomic E-state index is 0.116. The highest BCUT2D eigenvalue weighted by Gasteiger charge is 2.27. The molecule has 26 heavy (non-hydrogen) atoms. The van der Waals surface area contributed by atoms with E-state index in [0.717, 1.165) is 0 Å². The minimum Gasteiger partial charge on any atom is -0.207 e. The first-order valence-corrected chi connectivity index (χ1v) is 12.6. The molecule has 0 amide bonds. The van der Waals surface area contributed by atoms with E-state index in [4.69, 9.17) is 21.4 Å². The fourth-order valence-corrected chi connectivity index (χ4v) is 4.83. The van der Waals surface area contributed by atoms with E-state index in [2.05, 4.69) is 0 Å². The van der Waals surface area contributed by atoms with Crippen molar-refractivity contribution in [3.8, 4) is 0 Å². The molecule has 2 rings (SSSR count). The second-order valence-corrected chi connectivity index (χ2v) is 13.5. The average molecular weight is 437 g/mol. The summed E-state index contributed by atoms with van der Waals surface area (Å²) in [5.74, 6) is 0. The topological polar surface area (TPSA) is 68.3 Å². The van der Waals surface area contributed by atoms with E-state index in [1.807, 2.05) is 41.5 Å². The van der Waals surface area contributed by atoms with E-state index in [1.54, 1.807) is 12.1 Å². The molecule has 0 saturated heterocycles. The molecule has 2 aromatic rings. The van der Waals surface area contributed by atoms with Gasteiger partial charge >= 0.3 is 0 Å². The zero-order valence-corrected chi connectivity index (χ0v) is 18.7. The van der Waals surface area contributed by atoms with Crippen LogP contribution in [0.2, 0.25) is 0 Å². The van der Waals surface area contributed by atoms with E-state index in [-0.39, 0.29) is 20.6 Å². The van der Waals surface area contributed by atoms with Gasteiger partial charge in [0.25, 0.3) is 18.1 Å². The van der Waals surface area contributed by atoms with Crippen LogP contribution in [0.5, 0.6) is 0 Å². The van der Waals surface area contributed by atoms with Gasteiger partial charge in [-0.2, -0.15) is 0 Å². The lowest BCUT2D eigenvalue weighted by molar-refractivity contribution is 0.583. The third-order valence-corrected chi connectivity index (χ3v) is 6.98. The van der Waals surface area contributed by atoms with Crippen molar-refractivity contribution in [1.82, 2.24) is 0 Å². The summed E-state index contributed by atoms with van der Waals surface area (Å²) in [7, 11) is 3.16. The van der Waals surface area contributed by atoms with Crippen LogP contribution in [-0.4, -0.2) is 16.8 Å². The summed E-state index contributed by atoms with van der Waals surface area (Å²) in [6.45, 7) is 11.4. The van der Waals surface area contributed by atoms with Gasteiger partial charge in [0.15, 0.2) is 0 Å². The van der Waals surface area contributed by atoms with Gasteiger partial charge in [-0.3, -0.25) is 0 Å². The molecule has 0 aliphatic heterocycles. The number of hydrogen-bond acceptors (Lipinski definition) is 4. The van der Waals surface area contributed by atoms with Crippen molar-refractivity contribution in [3.05, 3.63) is 35.4 Å². The Morgan fingerprint density at radius 2 is 0.885 bits per heavy atom. The number of fused-ring (bicyclic) bond motifs is 1. The fourth-order valence-electron chi connectivity index (χ4n) is 2.67. The molecule has 0 spiro atoms. The highest BCUT2D eigenvalue weighted by molar-refractivity contribution is 8.14. The van der Waals surface area contributed by atoms with Crippen LogP contribution >= 0.6 is 21.4 Å². The lowest BCUT2D eigenvalue weighted by Crippen LogP contribution is -2.15. The quantitative estimate of drug-likeness (QED) is 0.599. The highest BCUT2D eigenvalue weighted by atomic mass is 35.7. The maximum atomic E-state index is 12.2. The van der Waals surface area contributed by atoms with Crippen LogP contribution in [0, 0.1) is 0 Å². The molecule has 8 heteroatoms. The molecule has 0 fully saturated rings. The van der Waals surface area contributed by atoms with E-state index >= 15 is 0 Å². The van der Waals surface area contributed by atoms with Crippen LogP contribution in [0.1, 0.15) is 52.7 Å². The van der Waals surface area contributed by atoms with Crippen molar-refractivity contribution >= 4 is 50.2 Å². The van der Waals surface area contributed by atoms with Gasteiger partial charge in [0.05, 0.1) is 9.79 Å². The largest absolute Gasteiger partial charge is 0.261 e. The Bertz CT molecular complexity index is 999. The maximum Gasteiger partial charge on any atom is 0.261 e. The molecule has 4 nitrogen and oxygen atoms in total. The number of rotatable bonds is 2. The van der Waals surface area contributed by atoms with Gasteiger partial charge in [-0.1, -0.05) is 41.5 Å². The summed E-state index contributed by atoms with van der Waals surface area (Å²) < 4.78 is 48.9. The van der Waals surface area contributed by atoms with Crippen LogP contribution in [0.4, 0.5) is 0 Å². The molecule has 0 radical (unpaired) electrons. The summed E-state index contributed by atoms with van der Waals surface area (Å²) in [6, 6.07) is 6.34. The molecule has 0 aliphatic carbocycles. The standard InChI is InChI=1S/C18H22Cl2O4S2/c1-17(2,3)11-7-13-14(15(9-11)25(19,21)22)8-12(18(4,5)6)10-16(13)26(20,23)24/h7-10H,1-6H3. The first-order valence-electron chi connectivity index (χ1n) is 7.94. The summed E-state index contributed by atoms with van der Waals surface area (Å²) in [4.78, 5) is -0.233. The molecule has 2 aromatic carbocycles. The molecule has 0 atom stereocenters. The maximum absolute atomic E-state index is 12.2. The first kappa shape index (κ1) is 21.5. The monoisotopic (exact) mass is 436 g/mol. The fraction of sp³-hybridized carbons (Fsp3) is 0.444. The predicted octanol–water partition coefficient (Wildman–Crippen LogP) is 5.29. The van der Waals surface area contributed by atoms with Gasteiger partial charge in [-0.05, 0) is 46.2 Å². The van der Waals surface area contributed by atoms with Crippen LogP contribution < -0.4 is 0 Å². The molecule has 0 aliphatic rings. The Hall–Kier alpha value is -0.820. The summed E-state index contributed by atoms with van der Waals surface area (Å²) in [5.41, 5.74) is 0.463. The molecule has 0 unspecified atom stereocenters. The van der Waals surface area contributed by atoms with Gasteiger partial charge in [0, 0.05) is 32.1 Å². The summed E-state index contributed by atoms with van der Waals surface area (Å²) >= 11 is 0. The second kappa shape index (κ2) is 6.36. The minimum atomic E-state index is -4.10. The average Bonchev–Trinajstić information content (AvgIpc) is 2.40. The molecular formula is C18H22Cl2O4S2. The molecule has 0 N–H and O–H groups in total. The summed E-state index contributed by atoms with van der Waals surface area (Å²) in [6.07, 6.45) is 0. The normalized spacial score (nSPS) is 14.0. The van der Waals surface area contributed by atoms with Crippen molar-refractivity contribution in [3.63, 3.8) is 0 Å². The molecular weight excluding hydrogens is 415 g/mol. The van der Waals surface area contributed by atoms with Crippen molar-refractivity contribution in [1.29, 1.82) is 0 Å². The third kappa shape index (κ3) is 4.35. The Morgan fingerprint density at radius 1 is 0.615 bits per heavy atom. The number of hydrogen-bond donors (Lipinski definition) is 0. The van der Waals surface area contributed by atoms with Crippen LogP contribution in [0.3, 0.4) is 0 Å². The molecule has 144 valence electrons. The van der Waals surface area contributed by atoms with E-state index in [0.29, 0.717) is 11.1 Å². The zero-order chi connectivity index (χ0) is 20.3. The number of benzene rings is 2. The highest BCUT2D eigenvalue weighted by Crippen LogP contribution is 2.39. The van der Waals surface area contributed by atoms with Crippen LogP contribution in [0.25, 0.3) is 10.8 Å². The van der Waals surface area contributed by atoms with Crippen molar-refractivity contribution in [2.75, 3.05) is 0 Å². The predicted molar refractivity (Wildman–Crippen MR) is 107 cm³/mol. The smallest absolute Gasteiger partial charge is 0.207 e. The van der Waals surface area contributed by atoms with Crippen molar-refractivity contribution < 1.29 is 16.8 Å². The Kier molecular flexibility index (Phi) is 5.26. The van der Waals surface area contributed by atoms with E-state index in [9.17, 15) is 16.8 Å². The summed E-state index contributed by atoms with van der Waals surface area (Å²) in [5, 5.41) is 0.499. The second-order valence-electron chi connectivity index (χ2n) is 8.42. The van der Waals surface area contributed by atoms with Gasteiger partial charge in [-0.15, -0.1) is 0 Å². The lowest BCUT2D eigenvalue weighted by Gasteiger charge is -2.24. The SMILES string of the molecule is CC(C)(C)c1cc(S(=O)(=O)Cl)c2cc(C(C)(C)C)cc(S(=O)(=O)Cl)c2c1. The molecule has 0 saturated carbocycles. The van der Waals surface area contributed by atoms with Gasteiger partial charge in [-0.25, -0.2) is 16.8 Å². The first-order chi connectivity index (χ1) is 11.4. The lowest BCUT2D eigenvalue weighted by atomic mass is 9.83. The molecule has 0 bridgehead atoms. The van der Waals surface area contributed by atoms with Gasteiger partial charge in [0.1, 0.15) is 0 Å². The zero-order valence-electron chi connectivity index (χ0n) is 15.5. The third-order valence-electron chi connectivity index (χ3n) is 4.25. The van der Waals surface area contributed by atoms with E-state index in [1.165, 1.54) is 12.1 Å². The van der Waals surface area contributed by atoms with Crippen LogP contribution in [-0.2, 0) is 28.9 Å². The Morgan fingerprint density at radius 3 is 1.08 bits per heavy atom. The molecule has 0 aromatic heterocycles. The van der Waals surface area contributed by atoms with E-state index < -0.39 is 28.9 Å². The van der Waals surface area contributed by atoms with Crippen molar-refractivity contribution in [2.24, 2.45) is 0 Å². The van der Waals surface area contributed by atoms with Gasteiger partial charge < -0.3 is 0 Å². The number of halogens is 2. The van der Waals surface area contributed by atoms with Gasteiger partial charge in [0.2, 0.25) is 0 Å². The Labute approximate surface area is 164 Å². The van der Waals surface area contributed by atoms with Crippen LogP contribution in [0.15, 0.2) is 34.1 Å².